The largest absolute Gasteiger partial charge is 0.0622 e. The Balaban J connectivity index is 0.000000131. The van der Waals surface area contributed by atoms with Crippen LogP contribution in [0.5, 0.6) is 0 Å². The van der Waals surface area contributed by atoms with E-state index in [1.807, 2.05) is 16.8 Å². The summed E-state index contributed by atoms with van der Waals surface area (Å²) in [4.78, 5) is 58.5. The number of aromatic nitrogens is 6. The van der Waals surface area contributed by atoms with E-state index in [1.54, 1.807) is 43.3 Å². The van der Waals surface area contributed by atoms with Crippen molar-refractivity contribution >= 4 is 113 Å². The Hall–Kier alpha value is -8.21. The molecule has 524 valence electrons. The number of pyridine rings is 2. The molecular formula is C80H77Cl2IN10O6P2Pd. The van der Waals surface area contributed by atoms with Crippen LogP contribution in [0.4, 0.5) is 0 Å². The van der Waals surface area contributed by atoms with E-state index in [-0.39, 0.29) is 39.6 Å². The first-order chi connectivity index (χ1) is 49.1. The molecule has 6 N–H and O–H groups in total. The number of terminal acetylenes is 1. The first kappa shape index (κ1) is 75.0. The number of carbonyl (C=O) groups excluding carboxylic acids is 4. The number of hydrogen-bond donors (Lipinski definition) is 4. The van der Waals surface area contributed by atoms with Gasteiger partial charge in [-0.2, -0.15) is 10.2 Å². The summed E-state index contributed by atoms with van der Waals surface area (Å²) >= 11 is 2.14. The predicted molar refractivity (Wildman–Crippen MR) is 412 cm³/mol. The minimum Gasteiger partial charge on any atom is -0.0622 e. The Bertz CT molecular complexity index is 4440. The molecule has 4 aliphatic carbocycles. The van der Waals surface area contributed by atoms with Crippen LogP contribution in [0.25, 0.3) is 11.6 Å². The summed E-state index contributed by atoms with van der Waals surface area (Å²) in [5.74, 6) is 8.52. The van der Waals surface area contributed by atoms with Gasteiger partial charge in [0.2, 0.25) is 11.2 Å². The number of carbonyl (C=O) groups is 4. The molecule has 102 heavy (non-hydrogen) atoms. The van der Waals surface area contributed by atoms with Crippen LogP contribution >= 0.6 is 57.5 Å². The molecule has 2 saturated heterocycles. The Morgan fingerprint density at radius 2 is 0.892 bits per heavy atom. The molecule has 4 fully saturated rings. The van der Waals surface area contributed by atoms with Crippen LogP contribution in [0.15, 0.2) is 219 Å². The topological polar surface area (TPSA) is 229 Å². The Kier molecular flexibility index (Phi) is 24.3. The van der Waals surface area contributed by atoms with E-state index in [1.165, 1.54) is 48.0 Å². The molecule has 6 heterocycles. The fourth-order valence-electron chi connectivity index (χ4n) is 13.5. The van der Waals surface area contributed by atoms with Crippen LogP contribution in [0, 0.1) is 50.4 Å². The molecule has 0 unspecified atom stereocenters. The number of hydrogen-bond acceptors (Lipinski definition) is 10. The molecule has 2 saturated carbocycles. The van der Waals surface area contributed by atoms with Crippen molar-refractivity contribution in [3.8, 4) is 35.8 Å². The molecule has 22 heteroatoms. The van der Waals surface area contributed by atoms with Gasteiger partial charge in [0.1, 0.15) is 0 Å². The number of aliphatic hydroxyl groups is 2. The molecule has 16 rings (SSSR count). The van der Waals surface area contributed by atoms with Gasteiger partial charge in [0.05, 0.1) is 11.4 Å². The van der Waals surface area contributed by atoms with Crippen molar-refractivity contribution in [3.63, 3.8) is 0 Å². The number of nitrogens with two attached hydrogens (primary N) is 2. The van der Waals surface area contributed by atoms with Crippen LogP contribution in [0.1, 0.15) is 88.6 Å². The fourth-order valence-corrected chi connectivity index (χ4v) is 18.5. The van der Waals surface area contributed by atoms with Gasteiger partial charge in [0.15, 0.2) is 23.0 Å². The zero-order chi connectivity index (χ0) is 72.3. The van der Waals surface area contributed by atoms with E-state index in [2.05, 4.69) is 256 Å². The van der Waals surface area contributed by atoms with Gasteiger partial charge in [0, 0.05) is 72.7 Å². The standard InChI is InChI=1S/C22H23N5O3.2C18H15P.C15H15IN4O.C7H9NO2.2ClH.Pd/c1-21-11-14(21)10-15-16(12-21)27(25-18(15)19(23)28)17-9-13(4-7-24-17)3-5-22(30)6-8-26(2)20(22)29;2*1-4-10-16(11-5-1)19(17-12-6-2-7-13-17)18-14-8-3-9-15-18;1-15-6-8(15)4-10-11(7-15)20(19-13(10)14(17)21)12-5-9(16)2-3-18-12;1-3-7(10)4-5-8(2)6(7)9;;;/h4,7,9,14,30H,6,8,10-12H2,1-2H3,(H2,23,28);2*1-15H;2-3,5,8H,4,6-7H2,1H3,(H2,17,21);1,10H,4-5H2,2H3;2*1H;/q;;;;;;;+2/p-2/t14-,21-,22+;;;8-,15-;7-;;;/m1..10.../s1. The average Bonchev–Trinajstić information content (AvgIpc) is 1.57. The molecular weight excluding hydrogens is 1560 g/mol. The van der Waals surface area contributed by atoms with Gasteiger partial charge in [-0.15, -0.1) is 6.42 Å². The van der Waals surface area contributed by atoms with E-state index in [0.717, 1.165) is 64.0 Å². The second kappa shape index (κ2) is 33.1. The Morgan fingerprint density at radius 1 is 0.559 bits per heavy atom. The Morgan fingerprint density at radius 3 is 1.20 bits per heavy atom. The van der Waals surface area contributed by atoms with Crippen molar-refractivity contribution in [1.82, 2.24) is 39.3 Å². The molecule has 0 radical (unpaired) electrons. The minimum atomic E-state index is -1.65. The van der Waals surface area contributed by atoms with Crippen LogP contribution in [0.3, 0.4) is 0 Å². The summed E-state index contributed by atoms with van der Waals surface area (Å²) in [5.41, 5.74) is 13.9. The van der Waals surface area contributed by atoms with Crippen molar-refractivity contribution in [3.05, 3.63) is 262 Å². The van der Waals surface area contributed by atoms with Gasteiger partial charge in [0.25, 0.3) is 23.6 Å². The third-order valence-electron chi connectivity index (χ3n) is 19.4. The van der Waals surface area contributed by atoms with Crippen molar-refractivity contribution in [2.45, 2.75) is 76.4 Å². The molecule has 16 nitrogen and oxygen atoms in total. The van der Waals surface area contributed by atoms with Gasteiger partial charge >= 0.3 is 35.0 Å². The molecule has 0 bridgehead atoms. The molecule has 6 aromatic carbocycles. The molecule has 0 spiro atoms. The van der Waals surface area contributed by atoms with Gasteiger partial charge in [-0.3, -0.25) is 19.2 Å². The van der Waals surface area contributed by atoms with E-state index >= 15 is 0 Å². The number of primary amides is 2. The normalized spacial score (nSPS) is 21.3. The molecule has 4 aromatic heterocycles. The van der Waals surface area contributed by atoms with Crippen LogP contribution in [-0.2, 0) is 51.2 Å². The monoisotopic (exact) mass is 1640 g/mol. The Labute approximate surface area is 627 Å². The quantitative estimate of drug-likeness (QED) is 0.0438. The number of benzene rings is 6. The van der Waals surface area contributed by atoms with Crippen molar-refractivity contribution in [2.24, 2.45) is 34.1 Å². The van der Waals surface area contributed by atoms with Gasteiger partial charge < -0.3 is 31.5 Å². The summed E-state index contributed by atoms with van der Waals surface area (Å²) < 4.78 is 4.61. The summed E-state index contributed by atoms with van der Waals surface area (Å²) in [7, 11) is 12.0. The maximum atomic E-state index is 12.1. The van der Waals surface area contributed by atoms with E-state index in [0.29, 0.717) is 59.5 Å². The minimum absolute atomic E-state index is 0.106. The number of amides is 4. The zero-order valence-electron chi connectivity index (χ0n) is 56.7. The van der Waals surface area contributed by atoms with Crippen LogP contribution in [-0.4, -0.2) is 112 Å². The second-order valence-electron chi connectivity index (χ2n) is 26.5. The molecule has 2 aliphatic heterocycles. The fraction of sp³-hybridized carbons (Fsp3) is 0.250. The molecule has 6 aliphatic rings. The molecule has 4 amide bonds. The number of likely N-dealkylation sites (N-methyl/N-ethyl adjacent to an activating group) is 2. The number of nitrogens with zero attached hydrogens (tertiary/aromatic N) is 8. The second-order valence-corrected chi connectivity index (χ2v) is 34.6. The maximum Gasteiger partial charge on any atom is -0.0134 e. The van der Waals surface area contributed by atoms with Crippen molar-refractivity contribution < 1.29 is 45.3 Å². The van der Waals surface area contributed by atoms with E-state index in [9.17, 15) is 29.4 Å². The number of likely N-dealkylation sites (tertiary alicyclic amines) is 2. The van der Waals surface area contributed by atoms with Gasteiger partial charge in [-0.1, -0.05) is 214 Å². The van der Waals surface area contributed by atoms with E-state index < -0.39 is 38.9 Å². The maximum absolute atomic E-state index is 12.1. The van der Waals surface area contributed by atoms with Crippen LogP contribution < -0.4 is 43.3 Å². The number of halogens is 3. The summed E-state index contributed by atoms with van der Waals surface area (Å²) in [6.07, 6.45) is 14.8. The summed E-state index contributed by atoms with van der Waals surface area (Å²) in [6, 6.07) is 72.0. The molecule has 10 aromatic rings. The van der Waals surface area contributed by atoms with E-state index in [4.69, 9.17) is 36.9 Å². The number of rotatable bonds is 10. The van der Waals surface area contributed by atoms with Crippen molar-refractivity contribution in [1.29, 1.82) is 0 Å². The smallest absolute Gasteiger partial charge is 0.0134 e. The first-order valence-corrected chi connectivity index (χ1v) is 41.0. The first-order valence-electron chi connectivity index (χ1n) is 33.2. The van der Waals surface area contributed by atoms with Crippen LogP contribution in [0.2, 0.25) is 0 Å². The molecule has 6 atom stereocenters. The van der Waals surface area contributed by atoms with Gasteiger partial charge in [-0.05, 0) is 156 Å². The summed E-state index contributed by atoms with van der Waals surface area (Å²) in [5, 5.41) is 37.2. The van der Waals surface area contributed by atoms with Gasteiger partial charge in [-0.25, -0.2) is 19.3 Å². The SMILES string of the molecule is C#C[C@]1(O)CCN(C)C1=O.CN1CC[C@@](O)(C#Cc2ccnc(-n3nc(C(N)=O)c4c3C[C@@]3(C)C[C@H]3C4)c2)C1=O.C[C@@]12Cc3c(c(C(N)=O)nn3-c3cc(I)ccn3)C[C@@H]1C2.[Cl][Pd][Cl].c1ccc(P(c2ccccc2)c2ccccc2)cc1.c1ccc(P(c2ccccc2)c2ccccc2)cc1. The van der Waals surface area contributed by atoms with Crippen molar-refractivity contribution in [2.75, 3.05) is 27.2 Å². The third kappa shape index (κ3) is 17.4. The summed E-state index contributed by atoms with van der Waals surface area (Å²) in [6.45, 7) is 5.58. The average molecular weight is 1640 g/mol. The zero-order valence-corrected chi connectivity index (χ0v) is 63.7. The predicted octanol–water partition coefficient (Wildman–Crippen LogP) is 10.0. The third-order valence-corrected chi connectivity index (χ3v) is 25.0. The number of fused-ring (bicyclic) bond motifs is 4.